The lowest BCUT2D eigenvalue weighted by atomic mass is 10.1. The minimum absolute atomic E-state index is 0.0419. The van der Waals surface area contributed by atoms with Gasteiger partial charge in [0.25, 0.3) is 11.5 Å². The van der Waals surface area contributed by atoms with E-state index in [0.29, 0.717) is 35.5 Å². The third-order valence-corrected chi connectivity index (χ3v) is 6.13. The molecule has 0 saturated carbocycles. The van der Waals surface area contributed by atoms with Crippen LogP contribution >= 0.6 is 0 Å². The number of aromatic nitrogens is 3. The fraction of sp³-hybridized carbons (Fsp3) is 0.280. The van der Waals surface area contributed by atoms with Crippen molar-refractivity contribution in [3.8, 4) is 5.69 Å². The van der Waals surface area contributed by atoms with Crippen LogP contribution in [0.3, 0.4) is 0 Å². The van der Waals surface area contributed by atoms with Gasteiger partial charge in [-0.15, -0.1) is 0 Å². The molecule has 7 nitrogen and oxygen atoms in total. The van der Waals surface area contributed by atoms with Crippen LogP contribution in [-0.2, 0) is 0 Å². The molecule has 0 radical (unpaired) electrons. The van der Waals surface area contributed by atoms with Gasteiger partial charge in [0.1, 0.15) is 11.1 Å². The third-order valence-electron chi connectivity index (χ3n) is 6.13. The molecule has 4 aromatic rings. The minimum Gasteiger partial charge on any atom is -0.339 e. The van der Waals surface area contributed by atoms with Gasteiger partial charge < -0.3 is 4.90 Å². The van der Waals surface area contributed by atoms with Crippen LogP contribution in [-0.4, -0.2) is 37.8 Å². The second-order valence-corrected chi connectivity index (χ2v) is 8.52. The molecule has 0 bridgehead atoms. The van der Waals surface area contributed by atoms with Gasteiger partial charge in [0.2, 0.25) is 0 Å². The first kappa shape index (κ1) is 20.2. The number of pyridine rings is 2. The summed E-state index contributed by atoms with van der Waals surface area (Å²) in [4.78, 5) is 33.4. The van der Waals surface area contributed by atoms with E-state index in [-0.39, 0.29) is 22.5 Å². The number of piperidine rings is 1. The zero-order valence-electron chi connectivity index (χ0n) is 18.3. The van der Waals surface area contributed by atoms with Crippen molar-refractivity contribution in [3.05, 3.63) is 81.2 Å². The summed E-state index contributed by atoms with van der Waals surface area (Å²) in [5, 5.41) is 9.27. The molecule has 1 aliphatic rings. The maximum absolute atomic E-state index is 13.5. The monoisotopic (exact) mass is 427 g/mol. The van der Waals surface area contributed by atoms with Crippen molar-refractivity contribution in [3.63, 3.8) is 0 Å². The third kappa shape index (κ3) is 3.30. The van der Waals surface area contributed by atoms with Crippen molar-refractivity contribution in [2.45, 2.75) is 33.1 Å². The predicted octanol–water partition coefficient (Wildman–Crippen LogP) is 3.36. The number of carbonyl (C=O) groups excluding carboxylic acids is 1. The van der Waals surface area contributed by atoms with Gasteiger partial charge in [0.05, 0.1) is 10.9 Å². The summed E-state index contributed by atoms with van der Waals surface area (Å²) in [6, 6.07) is 12.9. The number of nitrogens with zero attached hydrogens (tertiary/aromatic N) is 4. The predicted molar refractivity (Wildman–Crippen MR) is 123 cm³/mol. The Balaban J connectivity index is 1.86. The fourth-order valence-electron chi connectivity index (χ4n) is 4.36. The van der Waals surface area contributed by atoms with E-state index < -0.39 is 0 Å². The number of hydrogen-bond donors (Lipinski definition) is 1. The Morgan fingerprint density at radius 2 is 1.66 bits per heavy atom. The highest BCUT2D eigenvalue weighted by molar-refractivity contribution is 5.97. The molecule has 0 unspecified atom stereocenters. The van der Waals surface area contributed by atoms with Gasteiger partial charge in [-0.3, -0.25) is 24.0 Å². The number of benzene rings is 1. The molecule has 1 aliphatic heterocycles. The highest BCUT2D eigenvalue weighted by Gasteiger charge is 2.23. The SMILES string of the molecule is Cc1ccc(-n2c(=N)c(C(=O)N3CCCCC3)cc3c(=O)n4cc(C)ccc4nc32)cc1. The molecule has 0 spiro atoms. The Labute approximate surface area is 185 Å². The Morgan fingerprint density at radius 1 is 0.969 bits per heavy atom. The maximum atomic E-state index is 13.5. The number of carbonyl (C=O) groups is 1. The van der Waals surface area contributed by atoms with Crippen molar-refractivity contribution in [1.29, 1.82) is 5.41 Å². The summed E-state index contributed by atoms with van der Waals surface area (Å²) in [7, 11) is 0. The van der Waals surface area contributed by atoms with E-state index in [9.17, 15) is 9.59 Å². The molecule has 1 amide bonds. The molecule has 162 valence electrons. The van der Waals surface area contributed by atoms with Crippen LogP contribution < -0.4 is 11.0 Å². The van der Waals surface area contributed by atoms with E-state index in [1.54, 1.807) is 27.8 Å². The number of nitrogens with one attached hydrogen (secondary N) is 1. The number of amides is 1. The quantitative estimate of drug-likeness (QED) is 0.498. The van der Waals surface area contributed by atoms with Crippen LogP contribution in [0.25, 0.3) is 22.4 Å². The van der Waals surface area contributed by atoms with Gasteiger partial charge in [0.15, 0.2) is 5.65 Å². The molecule has 1 aromatic carbocycles. The first-order valence-corrected chi connectivity index (χ1v) is 10.9. The Morgan fingerprint density at radius 3 is 2.38 bits per heavy atom. The van der Waals surface area contributed by atoms with E-state index in [4.69, 9.17) is 10.4 Å². The lowest BCUT2D eigenvalue weighted by Gasteiger charge is -2.27. The molecule has 5 rings (SSSR count). The molecule has 32 heavy (non-hydrogen) atoms. The van der Waals surface area contributed by atoms with Crippen molar-refractivity contribution < 1.29 is 4.79 Å². The number of aryl methyl sites for hydroxylation is 2. The van der Waals surface area contributed by atoms with Crippen molar-refractivity contribution in [1.82, 2.24) is 18.9 Å². The lowest BCUT2D eigenvalue weighted by Crippen LogP contribution is -2.40. The van der Waals surface area contributed by atoms with Crippen LogP contribution in [0.5, 0.6) is 0 Å². The van der Waals surface area contributed by atoms with Crippen LogP contribution in [0.4, 0.5) is 0 Å². The molecular formula is C25H25N5O2. The van der Waals surface area contributed by atoms with Crippen molar-refractivity contribution in [2.75, 3.05) is 13.1 Å². The molecular weight excluding hydrogens is 402 g/mol. The van der Waals surface area contributed by atoms with E-state index in [0.717, 1.165) is 30.4 Å². The number of fused-ring (bicyclic) bond motifs is 2. The standard InChI is InChI=1S/C25H25N5O2/c1-16-6-9-18(10-7-16)30-22(26)19(24(31)28-12-4-3-5-13-28)14-20-23(30)27-21-11-8-17(2)15-29(21)25(20)32/h6-11,14-15,26H,3-5,12-13H2,1-2H3. The van der Waals surface area contributed by atoms with Crippen LogP contribution in [0.15, 0.2) is 53.5 Å². The molecule has 1 fully saturated rings. The molecule has 4 heterocycles. The van der Waals surface area contributed by atoms with Gasteiger partial charge in [-0.05, 0) is 62.9 Å². The summed E-state index contributed by atoms with van der Waals surface area (Å²) in [5.74, 6) is -0.203. The second kappa shape index (κ2) is 7.75. The summed E-state index contributed by atoms with van der Waals surface area (Å²) in [6.45, 7) is 5.26. The van der Waals surface area contributed by atoms with Crippen molar-refractivity contribution in [2.24, 2.45) is 0 Å². The Hall–Kier alpha value is -3.74. The minimum atomic E-state index is -0.248. The summed E-state index contributed by atoms with van der Waals surface area (Å²) < 4.78 is 3.13. The second-order valence-electron chi connectivity index (χ2n) is 8.52. The average Bonchev–Trinajstić information content (AvgIpc) is 2.80. The number of likely N-dealkylation sites (tertiary alicyclic amines) is 1. The summed E-state index contributed by atoms with van der Waals surface area (Å²) >= 11 is 0. The molecule has 3 aromatic heterocycles. The van der Waals surface area contributed by atoms with Gasteiger partial charge in [-0.1, -0.05) is 23.8 Å². The van der Waals surface area contributed by atoms with Crippen LogP contribution in [0.2, 0.25) is 0 Å². The topological polar surface area (TPSA) is 83.5 Å². The van der Waals surface area contributed by atoms with Crippen molar-refractivity contribution >= 4 is 22.6 Å². The first-order valence-electron chi connectivity index (χ1n) is 10.9. The van der Waals surface area contributed by atoms with Gasteiger partial charge in [0, 0.05) is 25.0 Å². The number of rotatable bonds is 2. The zero-order valence-corrected chi connectivity index (χ0v) is 18.3. The average molecular weight is 428 g/mol. The van der Waals surface area contributed by atoms with E-state index >= 15 is 0 Å². The van der Waals surface area contributed by atoms with Crippen LogP contribution in [0.1, 0.15) is 40.7 Å². The lowest BCUT2D eigenvalue weighted by molar-refractivity contribution is 0.0722. The van der Waals surface area contributed by atoms with Crippen LogP contribution in [0, 0.1) is 19.3 Å². The molecule has 0 aliphatic carbocycles. The highest BCUT2D eigenvalue weighted by atomic mass is 16.2. The van der Waals surface area contributed by atoms with Gasteiger partial charge in [-0.2, -0.15) is 0 Å². The summed E-state index contributed by atoms with van der Waals surface area (Å²) in [6.07, 6.45) is 4.77. The molecule has 1 saturated heterocycles. The molecule has 1 N–H and O–H groups in total. The van der Waals surface area contributed by atoms with E-state index in [1.807, 2.05) is 44.2 Å². The van der Waals surface area contributed by atoms with E-state index in [2.05, 4.69) is 0 Å². The molecule has 7 heteroatoms. The van der Waals surface area contributed by atoms with E-state index in [1.165, 1.54) is 4.40 Å². The summed E-state index contributed by atoms with van der Waals surface area (Å²) in [5.41, 5.74) is 3.62. The first-order chi connectivity index (χ1) is 15.4. The Kier molecular flexibility index (Phi) is 4.89. The number of hydrogen-bond acceptors (Lipinski definition) is 4. The zero-order chi connectivity index (χ0) is 22.4. The van der Waals surface area contributed by atoms with Gasteiger partial charge >= 0.3 is 0 Å². The Bertz CT molecular complexity index is 1480. The normalized spacial score (nSPS) is 14.2. The highest BCUT2D eigenvalue weighted by Crippen LogP contribution is 2.18. The smallest absolute Gasteiger partial charge is 0.267 e. The largest absolute Gasteiger partial charge is 0.339 e. The van der Waals surface area contributed by atoms with Gasteiger partial charge in [-0.25, -0.2) is 4.98 Å². The molecule has 0 atom stereocenters. The maximum Gasteiger partial charge on any atom is 0.267 e. The fourth-order valence-corrected chi connectivity index (χ4v) is 4.36.